The van der Waals surface area contributed by atoms with Gasteiger partial charge in [-0.15, -0.1) is 11.8 Å². The van der Waals surface area contributed by atoms with Gasteiger partial charge in [0.2, 0.25) is 0 Å². The third kappa shape index (κ3) is 4.25. The average molecular weight is 437 g/mol. The summed E-state index contributed by atoms with van der Waals surface area (Å²) in [6.07, 6.45) is 2.18. The molecule has 7 heteroatoms. The second kappa shape index (κ2) is 9.24. The Hall–Kier alpha value is -2.64. The van der Waals surface area contributed by atoms with Gasteiger partial charge >= 0.3 is 6.03 Å². The molecule has 3 aliphatic rings. The van der Waals surface area contributed by atoms with E-state index in [0.717, 1.165) is 26.2 Å². The predicted octanol–water partition coefficient (Wildman–Crippen LogP) is 3.98. The first-order valence-electron chi connectivity index (χ1n) is 10.9. The lowest BCUT2D eigenvalue weighted by Gasteiger charge is -2.40. The summed E-state index contributed by atoms with van der Waals surface area (Å²) in [6, 6.07) is 19.4. The summed E-state index contributed by atoms with van der Waals surface area (Å²) in [5.74, 6) is 0. The van der Waals surface area contributed by atoms with Crippen LogP contribution >= 0.6 is 11.8 Å². The molecule has 31 heavy (non-hydrogen) atoms. The summed E-state index contributed by atoms with van der Waals surface area (Å²) in [4.78, 5) is 21.5. The highest BCUT2D eigenvalue weighted by molar-refractivity contribution is 8.02. The number of thioether (sulfide) groups is 1. The SMILES string of the molecule is O=C(N1CCOCC1)N1CCN(c2ccccc2N2C=CSC2c2ccccc2)CC1. The maximum Gasteiger partial charge on any atom is 0.320 e. The maximum atomic E-state index is 12.8. The van der Waals surface area contributed by atoms with Gasteiger partial charge < -0.3 is 24.3 Å². The standard InChI is InChI=1S/C24H28N4O2S/c29-24(27-14-17-30-18-15-27)26-12-10-25(11-13-26)21-8-4-5-9-22(21)28-16-19-31-23(28)20-6-2-1-3-7-20/h1-9,16,19,23H,10-15,17-18H2. The highest BCUT2D eigenvalue weighted by atomic mass is 32.2. The molecule has 0 aromatic heterocycles. The molecule has 162 valence electrons. The van der Waals surface area contributed by atoms with E-state index in [4.69, 9.17) is 4.74 Å². The maximum absolute atomic E-state index is 12.8. The van der Waals surface area contributed by atoms with Crippen LogP contribution in [0, 0.1) is 0 Å². The number of anilines is 2. The molecule has 0 bridgehead atoms. The minimum absolute atomic E-state index is 0.152. The van der Waals surface area contributed by atoms with E-state index in [1.165, 1.54) is 16.9 Å². The fraction of sp³-hybridized carbons (Fsp3) is 0.375. The molecule has 0 N–H and O–H groups in total. The number of nitrogens with zero attached hydrogens (tertiary/aromatic N) is 4. The lowest BCUT2D eigenvalue weighted by molar-refractivity contribution is 0.0428. The zero-order valence-corrected chi connectivity index (χ0v) is 18.4. The van der Waals surface area contributed by atoms with E-state index >= 15 is 0 Å². The van der Waals surface area contributed by atoms with E-state index in [1.807, 2.05) is 21.6 Å². The van der Waals surface area contributed by atoms with Gasteiger partial charge in [-0.25, -0.2) is 4.79 Å². The quantitative estimate of drug-likeness (QED) is 0.728. The first-order valence-corrected chi connectivity index (χ1v) is 11.9. The van der Waals surface area contributed by atoms with Crippen molar-refractivity contribution in [3.05, 3.63) is 71.8 Å². The number of para-hydroxylation sites is 2. The number of urea groups is 1. The van der Waals surface area contributed by atoms with E-state index in [2.05, 4.69) is 76.0 Å². The number of piperazine rings is 1. The molecule has 5 rings (SSSR count). The summed E-state index contributed by atoms with van der Waals surface area (Å²) < 4.78 is 5.38. The number of hydrogen-bond donors (Lipinski definition) is 0. The van der Waals surface area contributed by atoms with Crippen LogP contribution in [0.3, 0.4) is 0 Å². The number of hydrogen-bond acceptors (Lipinski definition) is 5. The Morgan fingerprint density at radius 3 is 2.19 bits per heavy atom. The van der Waals surface area contributed by atoms with Gasteiger partial charge in [0.1, 0.15) is 5.37 Å². The van der Waals surface area contributed by atoms with E-state index in [1.54, 1.807) is 0 Å². The number of carbonyl (C=O) groups is 1. The van der Waals surface area contributed by atoms with Gasteiger partial charge in [0.15, 0.2) is 0 Å². The summed E-state index contributed by atoms with van der Waals surface area (Å²) >= 11 is 1.83. The van der Waals surface area contributed by atoms with E-state index in [-0.39, 0.29) is 11.4 Å². The van der Waals surface area contributed by atoms with Crippen molar-refractivity contribution < 1.29 is 9.53 Å². The predicted molar refractivity (Wildman–Crippen MR) is 126 cm³/mol. The zero-order valence-electron chi connectivity index (χ0n) is 17.6. The topological polar surface area (TPSA) is 39.3 Å². The van der Waals surface area contributed by atoms with Crippen molar-refractivity contribution in [2.24, 2.45) is 0 Å². The van der Waals surface area contributed by atoms with Gasteiger partial charge in [0, 0.05) is 45.5 Å². The molecule has 3 heterocycles. The van der Waals surface area contributed by atoms with Gasteiger partial charge in [-0.2, -0.15) is 0 Å². The molecule has 0 spiro atoms. The first kappa shape index (κ1) is 20.3. The molecular formula is C24H28N4O2S. The number of amides is 2. The molecule has 2 fully saturated rings. The van der Waals surface area contributed by atoms with Crippen molar-refractivity contribution in [3.63, 3.8) is 0 Å². The summed E-state index contributed by atoms with van der Waals surface area (Å²) in [7, 11) is 0. The summed E-state index contributed by atoms with van der Waals surface area (Å²) in [6.45, 7) is 5.85. The molecule has 2 aromatic rings. The molecular weight excluding hydrogens is 408 g/mol. The number of carbonyl (C=O) groups excluding carboxylic acids is 1. The van der Waals surface area contributed by atoms with Crippen molar-refractivity contribution >= 4 is 29.2 Å². The molecule has 3 aliphatic heterocycles. The van der Waals surface area contributed by atoms with Crippen LogP contribution in [0.1, 0.15) is 10.9 Å². The molecule has 0 radical (unpaired) electrons. The highest BCUT2D eigenvalue weighted by Gasteiger charge is 2.29. The third-order valence-corrected chi connectivity index (χ3v) is 7.13. The van der Waals surface area contributed by atoms with Crippen molar-refractivity contribution in [3.8, 4) is 0 Å². The smallest absolute Gasteiger partial charge is 0.320 e. The minimum Gasteiger partial charge on any atom is -0.378 e. The normalized spacial score (nSPS) is 21.6. The number of morpholine rings is 1. The molecule has 2 aromatic carbocycles. The number of ether oxygens (including phenoxy) is 1. The largest absolute Gasteiger partial charge is 0.378 e. The molecule has 2 amide bonds. The van der Waals surface area contributed by atoms with Crippen LogP contribution in [0.25, 0.3) is 0 Å². The van der Waals surface area contributed by atoms with Crippen LogP contribution in [-0.2, 0) is 4.74 Å². The molecule has 0 saturated carbocycles. The third-order valence-electron chi connectivity index (χ3n) is 6.10. The summed E-state index contributed by atoms with van der Waals surface area (Å²) in [5.41, 5.74) is 3.74. The minimum atomic E-state index is 0.152. The Bertz CT molecular complexity index is 924. The Kier molecular flexibility index (Phi) is 6.04. The lowest BCUT2D eigenvalue weighted by atomic mass is 10.1. The zero-order chi connectivity index (χ0) is 21.0. The Morgan fingerprint density at radius 1 is 0.806 bits per heavy atom. The van der Waals surface area contributed by atoms with Crippen LogP contribution < -0.4 is 9.80 Å². The Morgan fingerprint density at radius 2 is 1.45 bits per heavy atom. The van der Waals surface area contributed by atoms with Gasteiger partial charge in [0.25, 0.3) is 0 Å². The van der Waals surface area contributed by atoms with Gasteiger partial charge in [0.05, 0.1) is 24.6 Å². The molecule has 6 nitrogen and oxygen atoms in total. The van der Waals surface area contributed by atoms with Gasteiger partial charge in [-0.1, -0.05) is 42.5 Å². The number of rotatable bonds is 3. The Balaban J connectivity index is 1.30. The highest BCUT2D eigenvalue weighted by Crippen LogP contribution is 2.45. The molecule has 1 unspecified atom stereocenters. The van der Waals surface area contributed by atoms with Crippen molar-refractivity contribution in [1.29, 1.82) is 0 Å². The van der Waals surface area contributed by atoms with E-state index in [9.17, 15) is 4.79 Å². The van der Waals surface area contributed by atoms with E-state index in [0.29, 0.717) is 26.3 Å². The fourth-order valence-corrected chi connectivity index (χ4v) is 5.40. The van der Waals surface area contributed by atoms with Crippen molar-refractivity contribution in [1.82, 2.24) is 9.80 Å². The van der Waals surface area contributed by atoms with Crippen LogP contribution in [0.2, 0.25) is 0 Å². The van der Waals surface area contributed by atoms with Crippen LogP contribution in [0.15, 0.2) is 66.2 Å². The van der Waals surface area contributed by atoms with Gasteiger partial charge in [-0.05, 0) is 23.1 Å². The van der Waals surface area contributed by atoms with Crippen LogP contribution in [-0.4, -0.2) is 68.3 Å². The molecule has 2 saturated heterocycles. The average Bonchev–Trinajstić information content (AvgIpc) is 3.35. The molecule has 0 aliphatic carbocycles. The second-order valence-electron chi connectivity index (χ2n) is 7.94. The van der Waals surface area contributed by atoms with Crippen LogP contribution in [0.4, 0.5) is 16.2 Å². The van der Waals surface area contributed by atoms with Gasteiger partial charge in [-0.3, -0.25) is 0 Å². The van der Waals surface area contributed by atoms with Crippen molar-refractivity contribution in [2.45, 2.75) is 5.37 Å². The molecule has 1 atom stereocenters. The van der Waals surface area contributed by atoms with Crippen LogP contribution in [0.5, 0.6) is 0 Å². The monoisotopic (exact) mass is 436 g/mol. The lowest BCUT2D eigenvalue weighted by Crippen LogP contribution is -2.55. The Labute approximate surface area is 188 Å². The first-order chi connectivity index (χ1) is 15.3. The summed E-state index contributed by atoms with van der Waals surface area (Å²) in [5, 5.41) is 2.42. The second-order valence-corrected chi connectivity index (χ2v) is 8.93. The van der Waals surface area contributed by atoms with Crippen molar-refractivity contribution in [2.75, 3.05) is 62.3 Å². The number of benzene rings is 2. The fourth-order valence-electron chi connectivity index (χ4n) is 4.43. The van der Waals surface area contributed by atoms with E-state index < -0.39 is 0 Å².